The number of carbonyl (C=O) groups is 1. The lowest BCUT2D eigenvalue weighted by atomic mass is 9.93. The summed E-state index contributed by atoms with van der Waals surface area (Å²) in [5, 5.41) is 4.53. The minimum Gasteiger partial charge on any atom is -0.356 e. The van der Waals surface area contributed by atoms with Gasteiger partial charge >= 0.3 is 0 Å². The maximum atomic E-state index is 12.9. The fraction of sp³-hybridized carbons (Fsp3) is 0.650. The topological polar surface area (TPSA) is 61.4 Å². The average Bonchev–Trinajstić information content (AvgIpc) is 3.01. The summed E-state index contributed by atoms with van der Waals surface area (Å²) in [6, 6.07) is 0.563. The number of thiophene rings is 1. The predicted octanol–water partition coefficient (Wildman–Crippen LogP) is 2.73. The molecule has 0 radical (unpaired) electrons. The number of nitrogens with zero attached hydrogens (tertiary/aromatic N) is 4. The summed E-state index contributed by atoms with van der Waals surface area (Å²) in [6.07, 6.45) is 5.64. The molecular weight excluding hydrogens is 358 g/mol. The van der Waals surface area contributed by atoms with Gasteiger partial charge in [0.15, 0.2) is 0 Å². The number of rotatable bonds is 3. The number of anilines is 1. The fourth-order valence-corrected chi connectivity index (χ4v) is 5.38. The Morgan fingerprint density at radius 2 is 1.81 bits per heavy atom. The van der Waals surface area contributed by atoms with E-state index in [4.69, 9.17) is 0 Å². The molecule has 27 heavy (non-hydrogen) atoms. The molecule has 0 aliphatic carbocycles. The Bertz CT molecular complexity index is 819. The summed E-state index contributed by atoms with van der Waals surface area (Å²) in [4.78, 5) is 28.8. The molecule has 0 unspecified atom stereocenters. The summed E-state index contributed by atoms with van der Waals surface area (Å²) >= 11 is 1.74. The van der Waals surface area contributed by atoms with Crippen molar-refractivity contribution in [2.24, 2.45) is 5.92 Å². The van der Waals surface area contributed by atoms with E-state index in [2.05, 4.69) is 38.9 Å². The SMILES string of the molecule is CNC1CCN(C(=O)C2CCN(c3ncnc4sc(C)c(C)c34)CC2)CC1. The Hall–Kier alpha value is -1.73. The molecule has 0 spiro atoms. The van der Waals surface area contributed by atoms with Gasteiger partial charge in [0.1, 0.15) is 17.0 Å². The molecule has 2 aromatic heterocycles. The molecule has 2 aliphatic heterocycles. The maximum absolute atomic E-state index is 12.9. The molecule has 2 aromatic rings. The van der Waals surface area contributed by atoms with E-state index in [0.717, 1.165) is 62.5 Å². The number of likely N-dealkylation sites (tertiary alicyclic amines) is 1. The second kappa shape index (κ2) is 7.72. The lowest BCUT2D eigenvalue weighted by Gasteiger charge is -2.37. The van der Waals surface area contributed by atoms with E-state index in [1.165, 1.54) is 15.8 Å². The van der Waals surface area contributed by atoms with E-state index in [-0.39, 0.29) is 5.92 Å². The molecule has 2 fully saturated rings. The van der Waals surface area contributed by atoms with Crippen molar-refractivity contribution >= 4 is 33.3 Å². The summed E-state index contributed by atoms with van der Waals surface area (Å²) in [6.45, 7) is 7.88. The van der Waals surface area contributed by atoms with E-state index in [0.29, 0.717) is 11.9 Å². The lowest BCUT2D eigenvalue weighted by Crippen LogP contribution is -2.48. The zero-order valence-electron chi connectivity index (χ0n) is 16.5. The lowest BCUT2D eigenvalue weighted by molar-refractivity contribution is -0.137. The molecule has 1 N–H and O–H groups in total. The summed E-state index contributed by atoms with van der Waals surface area (Å²) in [5.41, 5.74) is 1.29. The third kappa shape index (κ3) is 3.55. The highest BCUT2D eigenvalue weighted by molar-refractivity contribution is 7.18. The highest BCUT2D eigenvalue weighted by atomic mass is 32.1. The van der Waals surface area contributed by atoms with Gasteiger partial charge in [-0.3, -0.25) is 4.79 Å². The van der Waals surface area contributed by atoms with Crippen LogP contribution in [0, 0.1) is 19.8 Å². The first-order valence-corrected chi connectivity index (χ1v) is 10.8. The minimum atomic E-state index is 0.162. The maximum Gasteiger partial charge on any atom is 0.225 e. The van der Waals surface area contributed by atoms with Gasteiger partial charge in [-0.2, -0.15) is 0 Å². The number of hydrogen-bond donors (Lipinski definition) is 1. The monoisotopic (exact) mass is 387 g/mol. The van der Waals surface area contributed by atoms with Crippen LogP contribution in [0.1, 0.15) is 36.1 Å². The number of aryl methyl sites for hydroxylation is 2. The normalized spacial score (nSPS) is 19.8. The van der Waals surface area contributed by atoms with Crippen molar-refractivity contribution in [2.75, 3.05) is 38.1 Å². The Labute approximate surface area is 165 Å². The summed E-state index contributed by atoms with van der Waals surface area (Å²) in [7, 11) is 2.01. The average molecular weight is 388 g/mol. The second-order valence-electron chi connectivity index (χ2n) is 7.81. The van der Waals surface area contributed by atoms with Crippen LogP contribution >= 0.6 is 11.3 Å². The first-order chi connectivity index (χ1) is 13.1. The van der Waals surface area contributed by atoms with Gasteiger partial charge in [0.05, 0.1) is 5.39 Å². The molecule has 4 heterocycles. The Morgan fingerprint density at radius 3 is 2.48 bits per heavy atom. The highest BCUT2D eigenvalue weighted by Crippen LogP contribution is 2.35. The largest absolute Gasteiger partial charge is 0.356 e. The Kier molecular flexibility index (Phi) is 5.32. The predicted molar refractivity (Wildman–Crippen MR) is 110 cm³/mol. The molecular formula is C20H29N5OS. The van der Waals surface area contributed by atoms with Crippen LogP contribution in [0.25, 0.3) is 10.2 Å². The standard InChI is InChI=1S/C20H29N5OS/c1-13-14(2)27-19-17(13)18(22-12-23-19)24-8-4-15(5-9-24)20(26)25-10-6-16(21-3)7-11-25/h12,15-16,21H,4-11H2,1-3H3. The van der Waals surface area contributed by atoms with Gasteiger partial charge in [-0.15, -0.1) is 11.3 Å². The molecule has 2 saturated heterocycles. The fourth-order valence-electron chi connectivity index (χ4n) is 4.39. The first kappa shape index (κ1) is 18.6. The van der Waals surface area contributed by atoms with Gasteiger partial charge in [-0.25, -0.2) is 9.97 Å². The van der Waals surface area contributed by atoms with Crippen LogP contribution in [0.5, 0.6) is 0 Å². The molecule has 4 rings (SSSR count). The molecule has 0 aromatic carbocycles. The summed E-state index contributed by atoms with van der Waals surface area (Å²) < 4.78 is 0. The van der Waals surface area contributed by atoms with Crippen molar-refractivity contribution in [2.45, 2.75) is 45.6 Å². The molecule has 6 nitrogen and oxygen atoms in total. The van der Waals surface area contributed by atoms with E-state index in [9.17, 15) is 4.79 Å². The molecule has 7 heteroatoms. The van der Waals surface area contributed by atoms with Crippen molar-refractivity contribution in [1.82, 2.24) is 20.2 Å². The molecule has 0 atom stereocenters. The van der Waals surface area contributed by atoms with Gasteiger partial charge in [0.25, 0.3) is 0 Å². The van der Waals surface area contributed by atoms with Crippen LogP contribution in [0.2, 0.25) is 0 Å². The molecule has 2 aliphatic rings. The van der Waals surface area contributed by atoms with Crippen LogP contribution in [0.4, 0.5) is 5.82 Å². The number of amides is 1. The van der Waals surface area contributed by atoms with Gasteiger partial charge in [0, 0.05) is 43.0 Å². The van der Waals surface area contributed by atoms with Gasteiger partial charge in [-0.1, -0.05) is 0 Å². The highest BCUT2D eigenvalue weighted by Gasteiger charge is 2.31. The van der Waals surface area contributed by atoms with Crippen molar-refractivity contribution < 1.29 is 4.79 Å². The number of piperidine rings is 2. The first-order valence-electron chi connectivity index (χ1n) is 10.00. The third-order valence-corrected chi connectivity index (χ3v) is 7.42. The van der Waals surface area contributed by atoms with Crippen LogP contribution in [0.3, 0.4) is 0 Å². The number of fused-ring (bicyclic) bond motifs is 1. The van der Waals surface area contributed by atoms with Crippen LogP contribution in [-0.4, -0.2) is 60.0 Å². The van der Waals surface area contributed by atoms with Crippen molar-refractivity contribution in [3.05, 3.63) is 16.8 Å². The van der Waals surface area contributed by atoms with E-state index in [1.54, 1.807) is 17.7 Å². The second-order valence-corrected chi connectivity index (χ2v) is 9.01. The number of carbonyl (C=O) groups excluding carboxylic acids is 1. The van der Waals surface area contributed by atoms with Crippen molar-refractivity contribution in [3.8, 4) is 0 Å². The zero-order chi connectivity index (χ0) is 19.0. The minimum absolute atomic E-state index is 0.162. The number of hydrogen-bond acceptors (Lipinski definition) is 6. The van der Waals surface area contributed by atoms with Gasteiger partial charge < -0.3 is 15.1 Å². The third-order valence-electron chi connectivity index (χ3n) is 6.30. The smallest absolute Gasteiger partial charge is 0.225 e. The molecule has 0 saturated carbocycles. The van der Waals surface area contributed by atoms with E-state index >= 15 is 0 Å². The van der Waals surface area contributed by atoms with Crippen molar-refractivity contribution in [1.29, 1.82) is 0 Å². The summed E-state index contributed by atoms with van der Waals surface area (Å²) in [5.74, 6) is 1.57. The van der Waals surface area contributed by atoms with Gasteiger partial charge in [0.2, 0.25) is 5.91 Å². The van der Waals surface area contributed by atoms with E-state index < -0.39 is 0 Å². The Balaban J connectivity index is 1.42. The quantitative estimate of drug-likeness (QED) is 0.877. The van der Waals surface area contributed by atoms with Crippen molar-refractivity contribution in [3.63, 3.8) is 0 Å². The zero-order valence-corrected chi connectivity index (χ0v) is 17.3. The van der Waals surface area contributed by atoms with Gasteiger partial charge in [-0.05, 0) is 52.1 Å². The van der Waals surface area contributed by atoms with Crippen LogP contribution < -0.4 is 10.2 Å². The number of nitrogens with one attached hydrogen (secondary N) is 1. The van der Waals surface area contributed by atoms with E-state index in [1.807, 2.05) is 7.05 Å². The molecule has 0 bridgehead atoms. The van der Waals surface area contributed by atoms with Crippen LogP contribution in [-0.2, 0) is 4.79 Å². The number of aromatic nitrogens is 2. The van der Waals surface area contributed by atoms with Crippen LogP contribution in [0.15, 0.2) is 6.33 Å². The molecule has 1 amide bonds. The molecule has 146 valence electrons. The Morgan fingerprint density at radius 1 is 1.11 bits per heavy atom.